The van der Waals surface area contributed by atoms with Gasteiger partial charge in [0.15, 0.2) is 0 Å². The monoisotopic (exact) mass is 288 g/mol. The maximum absolute atomic E-state index is 4.35. The first-order valence-electron chi connectivity index (χ1n) is 5.77. The Morgan fingerprint density at radius 2 is 1.76 bits per heavy atom. The lowest BCUT2D eigenvalue weighted by molar-refractivity contribution is 0.768. The van der Waals surface area contributed by atoms with Crippen molar-refractivity contribution in [1.82, 2.24) is 4.98 Å². The first-order valence-corrected chi connectivity index (χ1v) is 6.56. The van der Waals surface area contributed by atoms with Crippen LogP contribution in [0, 0.1) is 0 Å². The topological polar surface area (TPSA) is 24.9 Å². The van der Waals surface area contributed by atoms with Crippen LogP contribution >= 0.6 is 15.9 Å². The molecule has 17 heavy (non-hydrogen) atoms. The number of rotatable bonds is 2. The van der Waals surface area contributed by atoms with Gasteiger partial charge in [0.2, 0.25) is 0 Å². The molecule has 2 aromatic rings. The Morgan fingerprint density at radius 1 is 1.06 bits per heavy atom. The summed E-state index contributed by atoms with van der Waals surface area (Å²) in [6, 6.07) is 13.0. The van der Waals surface area contributed by atoms with Crippen LogP contribution in [0.15, 0.2) is 47.1 Å². The van der Waals surface area contributed by atoms with E-state index in [1.165, 1.54) is 11.1 Å². The smallest absolute Gasteiger partial charge is 0.140 e. The minimum Gasteiger partial charge on any atom is -0.366 e. The third-order valence-electron chi connectivity index (χ3n) is 3.15. The van der Waals surface area contributed by atoms with Crippen LogP contribution in [0.3, 0.4) is 0 Å². The summed E-state index contributed by atoms with van der Waals surface area (Å²) < 4.78 is 1.02. The van der Waals surface area contributed by atoms with E-state index in [2.05, 4.69) is 50.5 Å². The predicted octanol–water partition coefficient (Wildman–Crippen LogP) is 3.42. The van der Waals surface area contributed by atoms with Crippen LogP contribution in [0.2, 0.25) is 0 Å². The van der Waals surface area contributed by atoms with Crippen LogP contribution in [0.5, 0.6) is 0 Å². The van der Waals surface area contributed by atoms with Gasteiger partial charge < -0.3 is 5.32 Å². The first-order chi connectivity index (χ1) is 8.33. The number of anilines is 1. The second-order valence-electron chi connectivity index (χ2n) is 4.35. The van der Waals surface area contributed by atoms with E-state index < -0.39 is 0 Å². The fourth-order valence-corrected chi connectivity index (χ4v) is 2.72. The van der Waals surface area contributed by atoms with Crippen LogP contribution < -0.4 is 5.32 Å². The number of pyridine rings is 1. The van der Waals surface area contributed by atoms with E-state index in [1.807, 2.05) is 18.3 Å². The third-order valence-corrected chi connectivity index (χ3v) is 3.79. The lowest BCUT2D eigenvalue weighted by atomic mass is 10.1. The molecule has 2 nitrogen and oxygen atoms in total. The van der Waals surface area contributed by atoms with Crippen molar-refractivity contribution in [3.05, 3.63) is 58.2 Å². The van der Waals surface area contributed by atoms with Crippen LogP contribution in [0.25, 0.3) is 0 Å². The SMILES string of the molecule is Brc1cccnc1NC1Cc2ccccc2C1. The average Bonchev–Trinajstić information content (AvgIpc) is 2.74. The number of hydrogen-bond acceptors (Lipinski definition) is 2. The van der Waals surface area contributed by atoms with Crippen molar-refractivity contribution in [2.75, 3.05) is 5.32 Å². The summed E-state index contributed by atoms with van der Waals surface area (Å²) in [5, 5.41) is 3.50. The maximum Gasteiger partial charge on any atom is 0.140 e. The summed E-state index contributed by atoms with van der Waals surface area (Å²) in [6.45, 7) is 0. The lowest BCUT2D eigenvalue weighted by Crippen LogP contribution is -2.20. The third kappa shape index (κ3) is 2.20. The molecule has 0 saturated heterocycles. The number of halogens is 1. The summed E-state index contributed by atoms with van der Waals surface area (Å²) in [7, 11) is 0. The first kappa shape index (κ1) is 10.8. The largest absolute Gasteiger partial charge is 0.366 e. The number of benzene rings is 1. The van der Waals surface area contributed by atoms with Gasteiger partial charge in [-0.15, -0.1) is 0 Å². The second-order valence-corrected chi connectivity index (χ2v) is 5.21. The molecule has 0 spiro atoms. The van der Waals surface area contributed by atoms with Crippen molar-refractivity contribution >= 4 is 21.7 Å². The molecular weight excluding hydrogens is 276 g/mol. The summed E-state index contributed by atoms with van der Waals surface area (Å²) in [6.07, 6.45) is 3.98. The number of hydrogen-bond donors (Lipinski definition) is 1. The van der Waals surface area contributed by atoms with Crippen LogP contribution in [-0.2, 0) is 12.8 Å². The van der Waals surface area contributed by atoms with Crippen molar-refractivity contribution in [1.29, 1.82) is 0 Å². The van der Waals surface area contributed by atoms with Crippen molar-refractivity contribution in [2.45, 2.75) is 18.9 Å². The minimum atomic E-state index is 0.457. The molecule has 86 valence electrons. The minimum absolute atomic E-state index is 0.457. The van der Waals surface area contributed by atoms with Gasteiger partial charge >= 0.3 is 0 Å². The molecule has 0 fully saturated rings. The standard InChI is InChI=1S/C14H13BrN2/c15-13-6-3-7-16-14(13)17-12-8-10-4-1-2-5-11(10)9-12/h1-7,12H,8-9H2,(H,16,17). The number of nitrogens with zero attached hydrogens (tertiary/aromatic N) is 1. The van der Waals surface area contributed by atoms with E-state index in [0.717, 1.165) is 23.1 Å². The summed E-state index contributed by atoms with van der Waals surface area (Å²) in [4.78, 5) is 4.35. The van der Waals surface area contributed by atoms with Gasteiger partial charge in [-0.05, 0) is 52.0 Å². The Labute approximate surface area is 109 Å². The zero-order chi connectivity index (χ0) is 11.7. The normalized spacial score (nSPS) is 14.6. The highest BCUT2D eigenvalue weighted by molar-refractivity contribution is 9.10. The molecule has 1 aromatic carbocycles. The van der Waals surface area contributed by atoms with Gasteiger partial charge in [0, 0.05) is 12.2 Å². The van der Waals surface area contributed by atoms with Gasteiger partial charge in [0.25, 0.3) is 0 Å². The van der Waals surface area contributed by atoms with Crippen molar-refractivity contribution in [3.8, 4) is 0 Å². The fraction of sp³-hybridized carbons (Fsp3) is 0.214. The van der Waals surface area contributed by atoms with Gasteiger partial charge in [-0.3, -0.25) is 0 Å². The molecule has 1 heterocycles. The van der Waals surface area contributed by atoms with Crippen molar-refractivity contribution < 1.29 is 0 Å². The molecule has 0 amide bonds. The molecule has 1 aliphatic rings. The summed E-state index contributed by atoms with van der Waals surface area (Å²) in [5.41, 5.74) is 2.91. The van der Waals surface area contributed by atoms with Crippen molar-refractivity contribution in [3.63, 3.8) is 0 Å². The molecule has 3 rings (SSSR count). The highest BCUT2D eigenvalue weighted by Gasteiger charge is 2.21. The van der Waals surface area contributed by atoms with E-state index in [0.29, 0.717) is 6.04 Å². The van der Waals surface area contributed by atoms with E-state index in [9.17, 15) is 0 Å². The van der Waals surface area contributed by atoms with Crippen LogP contribution in [-0.4, -0.2) is 11.0 Å². The Bertz CT molecular complexity index is 514. The number of fused-ring (bicyclic) bond motifs is 1. The van der Waals surface area contributed by atoms with Crippen LogP contribution in [0.4, 0.5) is 5.82 Å². The van der Waals surface area contributed by atoms with E-state index in [4.69, 9.17) is 0 Å². The van der Waals surface area contributed by atoms with Gasteiger partial charge in [-0.2, -0.15) is 0 Å². The maximum atomic E-state index is 4.35. The van der Waals surface area contributed by atoms with Gasteiger partial charge in [0.05, 0.1) is 4.47 Å². The molecule has 1 aromatic heterocycles. The molecule has 1 aliphatic carbocycles. The average molecular weight is 289 g/mol. The van der Waals surface area contributed by atoms with Crippen LogP contribution in [0.1, 0.15) is 11.1 Å². The Hall–Kier alpha value is -1.35. The van der Waals surface area contributed by atoms with E-state index in [-0.39, 0.29) is 0 Å². The molecule has 0 saturated carbocycles. The molecule has 0 aliphatic heterocycles. The second kappa shape index (κ2) is 4.49. The van der Waals surface area contributed by atoms with E-state index >= 15 is 0 Å². The number of aromatic nitrogens is 1. The quantitative estimate of drug-likeness (QED) is 0.916. The van der Waals surface area contributed by atoms with E-state index in [1.54, 1.807) is 0 Å². The van der Waals surface area contributed by atoms with Gasteiger partial charge in [-0.25, -0.2) is 4.98 Å². The number of nitrogens with one attached hydrogen (secondary N) is 1. The fourth-order valence-electron chi connectivity index (χ4n) is 2.35. The van der Waals surface area contributed by atoms with Gasteiger partial charge in [0.1, 0.15) is 5.82 Å². The zero-order valence-electron chi connectivity index (χ0n) is 9.36. The molecular formula is C14H13BrN2. The molecule has 0 bridgehead atoms. The highest BCUT2D eigenvalue weighted by Crippen LogP contribution is 2.26. The lowest BCUT2D eigenvalue weighted by Gasteiger charge is -2.13. The molecule has 0 atom stereocenters. The summed E-state index contributed by atoms with van der Waals surface area (Å²) >= 11 is 3.51. The van der Waals surface area contributed by atoms with Gasteiger partial charge in [-0.1, -0.05) is 24.3 Å². The Morgan fingerprint density at radius 3 is 2.41 bits per heavy atom. The molecule has 0 radical (unpaired) electrons. The van der Waals surface area contributed by atoms with Crippen molar-refractivity contribution in [2.24, 2.45) is 0 Å². The Kier molecular flexibility index (Phi) is 2.85. The summed E-state index contributed by atoms with van der Waals surface area (Å²) in [5.74, 6) is 0.935. The Balaban J connectivity index is 1.76. The molecule has 3 heteroatoms. The highest BCUT2D eigenvalue weighted by atomic mass is 79.9. The molecule has 0 unspecified atom stereocenters. The zero-order valence-corrected chi connectivity index (χ0v) is 10.9. The molecule has 1 N–H and O–H groups in total. The predicted molar refractivity (Wildman–Crippen MR) is 73.2 cm³/mol.